The average Bonchev–Trinajstić information content (AvgIpc) is 2.97. The predicted molar refractivity (Wildman–Crippen MR) is 104 cm³/mol. The Morgan fingerprint density at radius 1 is 1.27 bits per heavy atom. The van der Waals surface area contributed by atoms with Crippen LogP contribution in [0, 0.1) is 22.0 Å². The molecule has 3 atom stereocenters. The van der Waals surface area contributed by atoms with Gasteiger partial charge in [-0.15, -0.1) is 0 Å². The van der Waals surface area contributed by atoms with E-state index in [2.05, 4.69) is 5.32 Å². The molecule has 0 spiro atoms. The van der Waals surface area contributed by atoms with Gasteiger partial charge in [0.15, 0.2) is 6.61 Å². The maximum Gasteiger partial charge on any atom is 0.329 e. The molecule has 1 aliphatic carbocycles. The monoisotopic (exact) mass is 437 g/mol. The first-order valence-electron chi connectivity index (χ1n) is 9.48. The average molecular weight is 438 g/mol. The highest BCUT2D eigenvalue weighted by atomic mass is 35.5. The van der Waals surface area contributed by atoms with Gasteiger partial charge in [-0.25, -0.2) is 4.79 Å². The lowest BCUT2D eigenvalue weighted by Gasteiger charge is -2.21. The zero-order chi connectivity index (χ0) is 22.0. The van der Waals surface area contributed by atoms with Crippen LogP contribution in [0.25, 0.3) is 0 Å². The minimum absolute atomic E-state index is 0.00561. The molecule has 1 aromatic carbocycles. The zero-order valence-electron chi connectivity index (χ0n) is 16.1. The Kier molecular flexibility index (Phi) is 6.35. The molecule has 2 unspecified atom stereocenters. The Hall–Kier alpha value is -3.01. The van der Waals surface area contributed by atoms with Crippen LogP contribution in [0.2, 0.25) is 5.02 Å². The number of imide groups is 1. The molecule has 0 aromatic heterocycles. The molecule has 0 radical (unpaired) electrons. The molecule has 3 amide bonds. The van der Waals surface area contributed by atoms with Gasteiger partial charge in [-0.05, 0) is 25.8 Å². The largest absolute Gasteiger partial charge is 0.454 e. The molecule has 11 heteroatoms. The van der Waals surface area contributed by atoms with Crippen LogP contribution < -0.4 is 5.32 Å². The summed E-state index contributed by atoms with van der Waals surface area (Å²) in [6.45, 7) is 0.677. The lowest BCUT2D eigenvalue weighted by molar-refractivity contribution is -0.384. The number of ether oxygens (including phenoxy) is 1. The van der Waals surface area contributed by atoms with Crippen molar-refractivity contribution in [1.29, 1.82) is 0 Å². The number of nitrogens with zero attached hydrogens (tertiary/aromatic N) is 2. The molecular weight excluding hydrogens is 418 g/mol. The van der Waals surface area contributed by atoms with E-state index < -0.39 is 29.4 Å². The number of fused-ring (bicyclic) bond motifs is 1. The summed E-state index contributed by atoms with van der Waals surface area (Å²) in [6.07, 6.45) is 2.99. The topological polar surface area (TPSA) is 136 Å². The number of hydrogen-bond acceptors (Lipinski definition) is 7. The molecular formula is C19H20ClN3O7. The van der Waals surface area contributed by atoms with E-state index in [1.807, 2.05) is 0 Å². The summed E-state index contributed by atoms with van der Waals surface area (Å²) < 4.78 is 4.94. The number of carbonyl (C=O) groups excluding carboxylic acids is 4. The van der Waals surface area contributed by atoms with Crippen LogP contribution in [-0.2, 0) is 23.9 Å². The Morgan fingerprint density at radius 2 is 1.87 bits per heavy atom. The summed E-state index contributed by atoms with van der Waals surface area (Å²) in [4.78, 5) is 60.6. The van der Waals surface area contributed by atoms with Crippen molar-refractivity contribution < 1.29 is 28.8 Å². The van der Waals surface area contributed by atoms with Gasteiger partial charge in [-0.3, -0.25) is 29.4 Å². The summed E-state index contributed by atoms with van der Waals surface area (Å²) in [5, 5.41) is 13.2. The number of nitro benzene ring substituents is 1. The van der Waals surface area contributed by atoms with Crippen molar-refractivity contribution >= 4 is 46.7 Å². The minimum Gasteiger partial charge on any atom is -0.454 e. The minimum atomic E-state index is -1.15. The number of benzene rings is 1. The summed E-state index contributed by atoms with van der Waals surface area (Å²) in [5.41, 5.74) is -0.276. The number of hydrogen-bond donors (Lipinski definition) is 1. The standard InChI is InChI=1S/C19H20ClN3O7/c1-10(22-17(25)12-4-2-3-5-13(12)18(22)26)19(27)30-9-16(24)21-15-8-11(23(28)29)6-7-14(15)20/h6-8,10,12-13H,2-5,9H2,1H3,(H,21,24)/t10-,12?,13?/m0/s1. The summed E-state index contributed by atoms with van der Waals surface area (Å²) in [5.74, 6) is -3.19. The van der Waals surface area contributed by atoms with Crippen molar-refractivity contribution in [3.05, 3.63) is 33.3 Å². The summed E-state index contributed by atoms with van der Waals surface area (Å²) in [6, 6.07) is 2.37. The van der Waals surface area contributed by atoms with Crippen molar-refractivity contribution in [2.24, 2.45) is 11.8 Å². The number of nitrogens with one attached hydrogen (secondary N) is 1. The lowest BCUT2D eigenvalue weighted by atomic mass is 9.81. The number of anilines is 1. The van der Waals surface area contributed by atoms with Gasteiger partial charge >= 0.3 is 5.97 Å². The van der Waals surface area contributed by atoms with E-state index in [9.17, 15) is 29.3 Å². The number of esters is 1. The molecule has 1 N–H and O–H groups in total. The number of halogens is 1. The SMILES string of the molecule is C[C@@H](C(=O)OCC(=O)Nc1cc([N+](=O)[O-])ccc1Cl)N1C(=O)C2CCCCC2C1=O. The van der Waals surface area contributed by atoms with E-state index in [4.69, 9.17) is 16.3 Å². The summed E-state index contributed by atoms with van der Waals surface area (Å²) >= 11 is 5.91. The molecule has 0 bridgehead atoms. The van der Waals surface area contributed by atoms with Crippen molar-refractivity contribution in [1.82, 2.24) is 4.90 Å². The molecule has 30 heavy (non-hydrogen) atoms. The lowest BCUT2D eigenvalue weighted by Crippen LogP contribution is -2.45. The highest BCUT2D eigenvalue weighted by Gasteiger charge is 2.51. The number of nitro groups is 1. The van der Waals surface area contributed by atoms with Crippen molar-refractivity contribution in [3.8, 4) is 0 Å². The number of amides is 3. The first-order valence-corrected chi connectivity index (χ1v) is 9.86. The van der Waals surface area contributed by atoms with E-state index in [0.29, 0.717) is 12.8 Å². The number of likely N-dealkylation sites (tertiary alicyclic amines) is 1. The molecule has 1 saturated carbocycles. The van der Waals surface area contributed by atoms with Gasteiger partial charge in [-0.1, -0.05) is 24.4 Å². The zero-order valence-corrected chi connectivity index (χ0v) is 16.9. The van der Waals surface area contributed by atoms with E-state index in [0.717, 1.165) is 23.8 Å². The first-order chi connectivity index (χ1) is 14.2. The van der Waals surface area contributed by atoms with Gasteiger partial charge in [-0.2, -0.15) is 0 Å². The molecule has 1 aliphatic heterocycles. The molecule has 1 saturated heterocycles. The number of rotatable bonds is 6. The Labute approximate surface area is 176 Å². The Morgan fingerprint density at radius 3 is 2.43 bits per heavy atom. The van der Waals surface area contributed by atoms with Gasteiger partial charge in [0.05, 0.1) is 27.5 Å². The van der Waals surface area contributed by atoms with Crippen LogP contribution in [0.1, 0.15) is 32.6 Å². The van der Waals surface area contributed by atoms with Gasteiger partial charge in [0.1, 0.15) is 6.04 Å². The fourth-order valence-corrected chi connectivity index (χ4v) is 4.01. The molecule has 1 heterocycles. The second kappa shape index (κ2) is 8.78. The Balaban J connectivity index is 1.58. The third kappa shape index (κ3) is 4.28. The maximum absolute atomic E-state index is 12.5. The quantitative estimate of drug-likeness (QED) is 0.312. The van der Waals surface area contributed by atoms with Crippen LogP contribution in [0.3, 0.4) is 0 Å². The maximum atomic E-state index is 12.5. The third-order valence-corrected chi connectivity index (χ3v) is 5.71. The van der Waals surface area contributed by atoms with Crippen molar-refractivity contribution in [2.45, 2.75) is 38.6 Å². The van der Waals surface area contributed by atoms with Crippen LogP contribution >= 0.6 is 11.6 Å². The van der Waals surface area contributed by atoms with Crippen LogP contribution in [-0.4, -0.2) is 46.2 Å². The van der Waals surface area contributed by atoms with Crippen molar-refractivity contribution in [2.75, 3.05) is 11.9 Å². The van der Waals surface area contributed by atoms with E-state index in [-0.39, 0.29) is 40.0 Å². The normalized spacial score (nSPS) is 21.7. The molecule has 2 fully saturated rings. The van der Waals surface area contributed by atoms with Gasteiger partial charge in [0, 0.05) is 12.1 Å². The third-order valence-electron chi connectivity index (χ3n) is 5.38. The molecule has 3 rings (SSSR count). The fraction of sp³-hybridized carbons (Fsp3) is 0.474. The second-order valence-electron chi connectivity index (χ2n) is 7.30. The van der Waals surface area contributed by atoms with Crippen LogP contribution in [0.15, 0.2) is 18.2 Å². The molecule has 160 valence electrons. The van der Waals surface area contributed by atoms with E-state index in [1.54, 1.807) is 0 Å². The number of non-ortho nitro benzene ring substituents is 1. The number of carbonyl (C=O) groups is 4. The van der Waals surface area contributed by atoms with Gasteiger partial charge in [0.2, 0.25) is 11.8 Å². The van der Waals surface area contributed by atoms with Crippen LogP contribution in [0.5, 0.6) is 0 Å². The van der Waals surface area contributed by atoms with Crippen LogP contribution in [0.4, 0.5) is 11.4 Å². The first kappa shape index (κ1) is 21.7. The molecule has 1 aromatic rings. The van der Waals surface area contributed by atoms with Crippen molar-refractivity contribution in [3.63, 3.8) is 0 Å². The Bertz CT molecular complexity index is 895. The predicted octanol–water partition coefficient (Wildman–Crippen LogP) is 2.29. The highest BCUT2D eigenvalue weighted by Crippen LogP contribution is 2.39. The summed E-state index contributed by atoms with van der Waals surface area (Å²) in [7, 11) is 0. The molecule has 2 aliphatic rings. The van der Waals surface area contributed by atoms with E-state index in [1.165, 1.54) is 19.1 Å². The fourth-order valence-electron chi connectivity index (χ4n) is 3.84. The highest BCUT2D eigenvalue weighted by molar-refractivity contribution is 6.33. The second-order valence-corrected chi connectivity index (χ2v) is 7.70. The van der Waals surface area contributed by atoms with Gasteiger partial charge < -0.3 is 10.1 Å². The van der Waals surface area contributed by atoms with Gasteiger partial charge in [0.25, 0.3) is 11.6 Å². The smallest absolute Gasteiger partial charge is 0.329 e. The van der Waals surface area contributed by atoms with E-state index >= 15 is 0 Å². The molecule has 10 nitrogen and oxygen atoms in total.